The molecule has 1 rings (SSSR count). The van der Waals surface area contributed by atoms with E-state index in [0.29, 0.717) is 5.56 Å². The topological polar surface area (TPSA) is 30.0 Å². The number of hydrogen-bond donors (Lipinski definition) is 0. The molecule has 57 valence electrons. The summed E-state index contributed by atoms with van der Waals surface area (Å²) in [5.74, 6) is 0.0370. The normalized spacial score (nSPS) is 9.64. The Kier molecular flexibility index (Phi) is 2.36. The van der Waals surface area contributed by atoms with Crippen LogP contribution in [0.1, 0.15) is 29.8 Å². The molecule has 2 nitrogen and oxygen atoms in total. The summed E-state index contributed by atoms with van der Waals surface area (Å²) in [7, 11) is 0. The number of carbonyl (C=O) groups is 1. The fourth-order valence-electron chi connectivity index (χ4n) is 0.984. The van der Waals surface area contributed by atoms with E-state index in [1.165, 1.54) is 6.92 Å². The molecule has 0 aliphatic carbocycles. The number of aromatic nitrogens is 1. The van der Waals surface area contributed by atoms with Crippen molar-refractivity contribution in [1.29, 1.82) is 0 Å². The molecule has 1 heterocycles. The molecule has 1 aromatic rings. The minimum Gasteiger partial charge on any atom is -0.294 e. The van der Waals surface area contributed by atoms with Gasteiger partial charge in [-0.2, -0.15) is 0 Å². The highest BCUT2D eigenvalue weighted by atomic mass is 16.1. The van der Waals surface area contributed by atoms with Crippen molar-refractivity contribution in [2.75, 3.05) is 0 Å². The van der Waals surface area contributed by atoms with Gasteiger partial charge < -0.3 is 0 Å². The molecule has 11 heavy (non-hydrogen) atoms. The highest BCUT2D eigenvalue weighted by molar-refractivity contribution is 5.94. The van der Waals surface area contributed by atoms with E-state index in [-0.39, 0.29) is 5.78 Å². The van der Waals surface area contributed by atoms with Gasteiger partial charge in [0.25, 0.3) is 0 Å². The highest BCUT2D eigenvalue weighted by Crippen LogP contribution is 2.06. The van der Waals surface area contributed by atoms with E-state index in [1.54, 1.807) is 6.20 Å². The van der Waals surface area contributed by atoms with Crippen molar-refractivity contribution in [2.45, 2.75) is 20.3 Å². The monoisotopic (exact) mass is 148 g/mol. The zero-order valence-electron chi connectivity index (χ0n) is 6.72. The molecule has 0 unspecified atom stereocenters. The zero-order chi connectivity index (χ0) is 8.27. The van der Waals surface area contributed by atoms with Gasteiger partial charge in [-0.3, -0.25) is 9.78 Å². The molecule has 0 bridgehead atoms. The van der Waals surface area contributed by atoms with Gasteiger partial charge in [-0.25, -0.2) is 0 Å². The second kappa shape index (κ2) is 3.28. The maximum Gasteiger partial charge on any atom is 0.162 e. The van der Waals surface area contributed by atoms with Crippen molar-refractivity contribution in [3.05, 3.63) is 29.6 Å². The average Bonchev–Trinajstić information content (AvgIpc) is 2.04. The molecule has 0 N–H and O–H groups in total. The van der Waals surface area contributed by atoms with Crippen LogP contribution in [0.2, 0.25) is 0 Å². The Labute approximate surface area is 66.3 Å². The van der Waals surface area contributed by atoms with E-state index in [2.05, 4.69) is 11.2 Å². The number of rotatable bonds is 2. The quantitative estimate of drug-likeness (QED) is 0.597. The molecule has 1 radical (unpaired) electrons. The van der Waals surface area contributed by atoms with Crippen LogP contribution in [0, 0.1) is 6.20 Å². The lowest BCUT2D eigenvalue weighted by Gasteiger charge is -2.00. The molecular weight excluding hydrogens is 138 g/mol. The van der Waals surface area contributed by atoms with E-state index in [1.807, 2.05) is 13.0 Å². The zero-order valence-corrected chi connectivity index (χ0v) is 6.72. The summed E-state index contributed by atoms with van der Waals surface area (Å²) in [4.78, 5) is 14.7. The summed E-state index contributed by atoms with van der Waals surface area (Å²) in [5.41, 5.74) is 1.64. The number of nitrogens with zero attached hydrogens (tertiary/aromatic N) is 1. The molecule has 0 atom stereocenters. The van der Waals surface area contributed by atoms with Crippen LogP contribution < -0.4 is 0 Å². The Balaban J connectivity index is 3.12. The van der Waals surface area contributed by atoms with Crippen LogP contribution in [-0.4, -0.2) is 10.8 Å². The number of carbonyl (C=O) groups excluding carboxylic acids is 1. The Morgan fingerprint density at radius 2 is 2.45 bits per heavy atom. The van der Waals surface area contributed by atoms with Gasteiger partial charge in [0.15, 0.2) is 5.78 Å². The molecule has 0 aliphatic heterocycles. The third-order valence-electron chi connectivity index (χ3n) is 1.58. The average molecular weight is 148 g/mol. The second-order valence-electron chi connectivity index (χ2n) is 2.37. The Bertz CT molecular complexity index is 268. The van der Waals surface area contributed by atoms with Gasteiger partial charge in [0.1, 0.15) is 6.20 Å². The van der Waals surface area contributed by atoms with Crippen molar-refractivity contribution in [3.63, 3.8) is 0 Å². The Morgan fingerprint density at radius 1 is 1.73 bits per heavy atom. The number of hydrogen-bond acceptors (Lipinski definition) is 2. The van der Waals surface area contributed by atoms with Crippen LogP contribution in [0.4, 0.5) is 0 Å². The van der Waals surface area contributed by atoms with Crippen LogP contribution in [0.5, 0.6) is 0 Å². The van der Waals surface area contributed by atoms with Crippen LogP contribution in [0.3, 0.4) is 0 Å². The summed E-state index contributed by atoms with van der Waals surface area (Å²) in [5, 5.41) is 0. The molecule has 0 spiro atoms. The van der Waals surface area contributed by atoms with Gasteiger partial charge in [0.2, 0.25) is 0 Å². The van der Waals surface area contributed by atoms with E-state index >= 15 is 0 Å². The van der Waals surface area contributed by atoms with Crippen LogP contribution in [0.15, 0.2) is 12.3 Å². The molecule has 2 heteroatoms. The molecule has 1 aromatic heterocycles. The molecule has 0 aliphatic rings. The summed E-state index contributed by atoms with van der Waals surface area (Å²) in [6.07, 6.45) is 5.20. The summed E-state index contributed by atoms with van der Waals surface area (Å²) >= 11 is 0. The van der Waals surface area contributed by atoms with Gasteiger partial charge in [-0.15, -0.1) is 0 Å². The lowest BCUT2D eigenvalue weighted by molar-refractivity contribution is 0.101. The highest BCUT2D eigenvalue weighted by Gasteiger charge is 2.04. The Hall–Kier alpha value is -1.18. The lowest BCUT2D eigenvalue weighted by Crippen LogP contribution is -1.99. The van der Waals surface area contributed by atoms with E-state index in [0.717, 1.165) is 12.0 Å². The number of pyridine rings is 1. The van der Waals surface area contributed by atoms with Gasteiger partial charge in [-0.05, 0) is 25.0 Å². The molecule has 0 fully saturated rings. The lowest BCUT2D eigenvalue weighted by atomic mass is 10.1. The maximum atomic E-state index is 11.0. The summed E-state index contributed by atoms with van der Waals surface area (Å²) in [6, 6.07) is 1.85. The minimum atomic E-state index is 0.0370. The van der Waals surface area contributed by atoms with Crippen molar-refractivity contribution < 1.29 is 4.79 Å². The summed E-state index contributed by atoms with van der Waals surface area (Å²) < 4.78 is 0. The van der Waals surface area contributed by atoms with Gasteiger partial charge in [-0.1, -0.05) is 6.92 Å². The molecular formula is C9H10NO. The van der Waals surface area contributed by atoms with E-state index in [9.17, 15) is 4.79 Å². The van der Waals surface area contributed by atoms with Crippen LogP contribution in [-0.2, 0) is 6.42 Å². The smallest absolute Gasteiger partial charge is 0.162 e. The van der Waals surface area contributed by atoms with Gasteiger partial charge >= 0.3 is 0 Å². The second-order valence-corrected chi connectivity index (χ2v) is 2.37. The molecule has 0 saturated heterocycles. The van der Waals surface area contributed by atoms with Crippen molar-refractivity contribution in [1.82, 2.24) is 4.98 Å². The van der Waals surface area contributed by atoms with Crippen molar-refractivity contribution >= 4 is 5.78 Å². The maximum absolute atomic E-state index is 11.0. The first-order valence-electron chi connectivity index (χ1n) is 3.62. The summed E-state index contributed by atoms with van der Waals surface area (Å²) in [6.45, 7) is 3.54. The van der Waals surface area contributed by atoms with Crippen molar-refractivity contribution in [2.24, 2.45) is 0 Å². The third kappa shape index (κ3) is 1.64. The fraction of sp³-hybridized carbons (Fsp3) is 0.333. The van der Waals surface area contributed by atoms with E-state index < -0.39 is 0 Å². The first kappa shape index (κ1) is 7.92. The number of Topliss-reactive ketones (excluding diaryl/α,β-unsaturated/α-hetero) is 1. The number of ketones is 1. The Morgan fingerprint density at radius 3 is 2.91 bits per heavy atom. The van der Waals surface area contributed by atoms with Gasteiger partial charge in [0, 0.05) is 11.8 Å². The van der Waals surface area contributed by atoms with Gasteiger partial charge in [0.05, 0.1) is 0 Å². The minimum absolute atomic E-state index is 0.0370. The van der Waals surface area contributed by atoms with Crippen LogP contribution >= 0.6 is 0 Å². The molecule has 0 amide bonds. The first-order chi connectivity index (χ1) is 5.25. The SMILES string of the molecule is CCc1ccn[c]c1C(C)=O. The van der Waals surface area contributed by atoms with Crippen LogP contribution in [0.25, 0.3) is 0 Å². The van der Waals surface area contributed by atoms with Crippen molar-refractivity contribution in [3.8, 4) is 0 Å². The molecule has 0 aromatic carbocycles. The fourth-order valence-corrected chi connectivity index (χ4v) is 0.984. The predicted octanol–water partition coefficient (Wildman–Crippen LogP) is 1.65. The largest absolute Gasteiger partial charge is 0.294 e. The predicted molar refractivity (Wildman–Crippen MR) is 42.5 cm³/mol. The third-order valence-corrected chi connectivity index (χ3v) is 1.58. The van der Waals surface area contributed by atoms with E-state index in [4.69, 9.17) is 0 Å². The first-order valence-corrected chi connectivity index (χ1v) is 3.62. The standard InChI is InChI=1S/C9H10NO/c1-3-8-4-5-10-6-9(8)7(2)11/h4-5H,3H2,1-2H3. The molecule has 0 saturated carbocycles. The number of aryl methyl sites for hydroxylation is 1.